The van der Waals surface area contributed by atoms with E-state index in [4.69, 9.17) is 13.6 Å². The molecule has 105 valence electrons. The summed E-state index contributed by atoms with van der Waals surface area (Å²) >= 11 is 0. The van der Waals surface area contributed by atoms with E-state index in [0.717, 1.165) is 11.1 Å². The fourth-order valence-electron chi connectivity index (χ4n) is 1.72. The predicted octanol–water partition coefficient (Wildman–Crippen LogP) is 3.09. The molecule has 0 bridgehead atoms. The second kappa shape index (κ2) is 8.66. The summed E-state index contributed by atoms with van der Waals surface area (Å²) in [6.45, 7) is 1.13. The Hall–Kier alpha value is -1.46. The van der Waals surface area contributed by atoms with Crippen molar-refractivity contribution in [1.82, 2.24) is 0 Å². The number of benzene rings is 2. The van der Waals surface area contributed by atoms with Crippen molar-refractivity contribution in [3.8, 4) is 0 Å². The van der Waals surface area contributed by atoms with Crippen molar-refractivity contribution in [1.29, 1.82) is 0 Å². The van der Waals surface area contributed by atoms with Gasteiger partial charge in [0.25, 0.3) is 0 Å². The molecular weight excluding hydrogens is 268 g/mol. The Labute approximate surface area is 122 Å². The van der Waals surface area contributed by atoms with Gasteiger partial charge in [-0.1, -0.05) is 60.7 Å². The minimum Gasteiger partial charge on any atom is -0.387 e. The maximum absolute atomic E-state index is 5.84. The molecule has 3 nitrogen and oxygen atoms in total. The molecule has 1 radical (unpaired) electrons. The van der Waals surface area contributed by atoms with Crippen LogP contribution in [0.1, 0.15) is 11.1 Å². The van der Waals surface area contributed by atoms with Crippen LogP contribution in [0, 0.1) is 0 Å². The van der Waals surface area contributed by atoms with Crippen LogP contribution < -0.4 is 0 Å². The van der Waals surface area contributed by atoms with Gasteiger partial charge in [-0.05, 0) is 11.1 Å². The number of methoxy groups -OCH3 is 1. The van der Waals surface area contributed by atoms with E-state index in [1.54, 1.807) is 7.11 Å². The average Bonchev–Trinajstić information content (AvgIpc) is 2.52. The molecule has 0 atom stereocenters. The van der Waals surface area contributed by atoms with Gasteiger partial charge in [-0.15, -0.1) is 0 Å². The lowest BCUT2D eigenvalue weighted by Crippen LogP contribution is -2.28. The van der Waals surface area contributed by atoms with Gasteiger partial charge < -0.3 is 13.6 Å². The van der Waals surface area contributed by atoms with E-state index < -0.39 is 9.28 Å². The lowest BCUT2D eigenvalue weighted by Gasteiger charge is -2.14. The SMILES string of the molecule is COC[Si](OCc1ccccc1)OCc1ccccc1. The van der Waals surface area contributed by atoms with Crippen LogP contribution in [0.5, 0.6) is 0 Å². The predicted molar refractivity (Wildman–Crippen MR) is 80.1 cm³/mol. The molecule has 2 rings (SSSR count). The second-order valence-electron chi connectivity index (χ2n) is 4.35. The Morgan fingerprint density at radius 1 is 0.750 bits per heavy atom. The highest BCUT2D eigenvalue weighted by Crippen LogP contribution is 2.06. The van der Waals surface area contributed by atoms with Gasteiger partial charge in [0, 0.05) is 7.11 Å². The minimum atomic E-state index is -1.41. The molecule has 0 saturated carbocycles. The zero-order valence-corrected chi connectivity index (χ0v) is 12.6. The Kier molecular flexibility index (Phi) is 6.46. The van der Waals surface area contributed by atoms with Crippen LogP contribution in [0.2, 0.25) is 0 Å². The quantitative estimate of drug-likeness (QED) is 0.698. The number of hydrogen-bond donors (Lipinski definition) is 0. The number of rotatable bonds is 8. The smallest absolute Gasteiger partial charge is 0.387 e. The molecule has 4 heteroatoms. The highest BCUT2D eigenvalue weighted by atomic mass is 28.3. The third kappa shape index (κ3) is 5.26. The van der Waals surface area contributed by atoms with E-state index in [1.807, 2.05) is 60.7 Å². The van der Waals surface area contributed by atoms with Crippen LogP contribution in [-0.4, -0.2) is 22.6 Å². The third-order valence-electron chi connectivity index (χ3n) is 2.75. The summed E-state index contributed by atoms with van der Waals surface area (Å²) in [5.74, 6) is 0. The zero-order valence-electron chi connectivity index (χ0n) is 11.6. The second-order valence-corrected chi connectivity index (χ2v) is 5.96. The van der Waals surface area contributed by atoms with Crippen LogP contribution in [0.15, 0.2) is 60.7 Å². The lowest BCUT2D eigenvalue weighted by atomic mass is 10.2. The van der Waals surface area contributed by atoms with E-state index >= 15 is 0 Å². The van der Waals surface area contributed by atoms with E-state index in [9.17, 15) is 0 Å². The van der Waals surface area contributed by atoms with Crippen molar-refractivity contribution in [3.05, 3.63) is 71.8 Å². The van der Waals surface area contributed by atoms with Gasteiger partial charge in [0.05, 0.1) is 19.4 Å². The number of hydrogen-bond acceptors (Lipinski definition) is 3. The fourth-order valence-corrected chi connectivity index (χ4v) is 2.86. The first kappa shape index (κ1) is 14.9. The van der Waals surface area contributed by atoms with Crippen LogP contribution in [0.3, 0.4) is 0 Å². The summed E-state index contributed by atoms with van der Waals surface area (Å²) in [7, 11) is 0.256. The highest BCUT2D eigenvalue weighted by molar-refractivity contribution is 6.44. The molecule has 0 spiro atoms. The Morgan fingerprint density at radius 2 is 1.20 bits per heavy atom. The molecule has 20 heavy (non-hydrogen) atoms. The minimum absolute atomic E-state index is 0.518. The summed E-state index contributed by atoms with van der Waals surface area (Å²) in [6.07, 6.45) is 0.518. The average molecular weight is 287 g/mol. The molecule has 0 amide bonds. The summed E-state index contributed by atoms with van der Waals surface area (Å²) < 4.78 is 16.9. The van der Waals surface area contributed by atoms with Crippen molar-refractivity contribution in [2.24, 2.45) is 0 Å². The Balaban J connectivity index is 1.81. The van der Waals surface area contributed by atoms with Gasteiger partial charge in [-0.25, -0.2) is 0 Å². The van der Waals surface area contributed by atoms with Gasteiger partial charge in [0.1, 0.15) is 0 Å². The van der Waals surface area contributed by atoms with Gasteiger partial charge in [-0.2, -0.15) is 0 Å². The molecule has 0 aliphatic heterocycles. The largest absolute Gasteiger partial charge is 0.413 e. The van der Waals surface area contributed by atoms with E-state index in [-0.39, 0.29) is 0 Å². The van der Waals surface area contributed by atoms with Crippen molar-refractivity contribution < 1.29 is 13.6 Å². The van der Waals surface area contributed by atoms with E-state index in [1.165, 1.54) is 0 Å². The molecule has 0 aromatic heterocycles. The highest BCUT2D eigenvalue weighted by Gasteiger charge is 2.16. The van der Waals surface area contributed by atoms with Crippen molar-refractivity contribution in [2.75, 3.05) is 13.3 Å². The lowest BCUT2D eigenvalue weighted by molar-refractivity contribution is 0.137. The van der Waals surface area contributed by atoms with E-state index in [0.29, 0.717) is 19.4 Å². The van der Waals surface area contributed by atoms with Crippen LogP contribution >= 0.6 is 0 Å². The molecule has 0 heterocycles. The normalized spacial score (nSPS) is 10.9. The first-order chi connectivity index (χ1) is 9.88. The monoisotopic (exact) mass is 287 g/mol. The van der Waals surface area contributed by atoms with Gasteiger partial charge in [-0.3, -0.25) is 0 Å². The van der Waals surface area contributed by atoms with Crippen molar-refractivity contribution in [3.63, 3.8) is 0 Å². The van der Waals surface area contributed by atoms with E-state index in [2.05, 4.69) is 0 Å². The van der Waals surface area contributed by atoms with Gasteiger partial charge in [0.2, 0.25) is 0 Å². The first-order valence-corrected chi connectivity index (χ1v) is 8.09. The van der Waals surface area contributed by atoms with Crippen molar-refractivity contribution >= 4 is 9.28 Å². The topological polar surface area (TPSA) is 27.7 Å². The molecule has 2 aromatic rings. The summed E-state index contributed by atoms with van der Waals surface area (Å²) in [6, 6.07) is 20.2. The zero-order chi connectivity index (χ0) is 14.0. The Bertz CT molecular complexity index is 432. The summed E-state index contributed by atoms with van der Waals surface area (Å²) in [5, 5.41) is 0. The molecule has 0 unspecified atom stereocenters. The van der Waals surface area contributed by atoms with Gasteiger partial charge in [0.15, 0.2) is 0 Å². The molecular formula is C16H19O3Si. The standard InChI is InChI=1S/C16H19O3Si/c1-17-14-20(18-12-15-8-4-2-5-9-15)19-13-16-10-6-3-7-11-16/h2-11H,12-14H2,1H3. The van der Waals surface area contributed by atoms with Crippen LogP contribution in [0.4, 0.5) is 0 Å². The summed E-state index contributed by atoms with van der Waals surface area (Å²) in [5.41, 5.74) is 2.30. The first-order valence-electron chi connectivity index (χ1n) is 6.56. The molecule has 0 N–H and O–H groups in total. The molecule has 0 aliphatic carbocycles. The summed E-state index contributed by atoms with van der Waals surface area (Å²) in [4.78, 5) is 0. The van der Waals surface area contributed by atoms with Crippen LogP contribution in [-0.2, 0) is 26.8 Å². The molecule has 0 aliphatic rings. The Morgan fingerprint density at radius 3 is 1.60 bits per heavy atom. The molecule has 0 saturated heterocycles. The van der Waals surface area contributed by atoms with Crippen LogP contribution in [0.25, 0.3) is 0 Å². The third-order valence-corrected chi connectivity index (χ3v) is 4.20. The maximum atomic E-state index is 5.84. The van der Waals surface area contributed by atoms with Crippen molar-refractivity contribution in [2.45, 2.75) is 13.2 Å². The van der Waals surface area contributed by atoms with Gasteiger partial charge >= 0.3 is 9.28 Å². The number of ether oxygens (including phenoxy) is 1. The molecule has 0 fully saturated rings. The fraction of sp³-hybridized carbons (Fsp3) is 0.250. The molecule has 2 aromatic carbocycles. The maximum Gasteiger partial charge on any atom is 0.413 e.